The van der Waals surface area contributed by atoms with E-state index in [2.05, 4.69) is 51.5 Å². The van der Waals surface area contributed by atoms with E-state index in [4.69, 9.17) is 5.84 Å². The molecule has 0 aliphatic heterocycles. The smallest absolute Gasteiger partial charge is 0.148 e. The monoisotopic (exact) mass is 271 g/mol. The largest absolute Gasteiger partial charge is 0.329 e. The van der Waals surface area contributed by atoms with Gasteiger partial charge in [0, 0.05) is 24.7 Å². The van der Waals surface area contributed by atoms with E-state index in [1.165, 1.54) is 5.56 Å². The molecule has 0 unspecified atom stereocenters. The van der Waals surface area contributed by atoms with Gasteiger partial charge in [-0.25, -0.2) is 15.8 Å². The summed E-state index contributed by atoms with van der Waals surface area (Å²) in [6, 6.07) is 8.34. The number of anilines is 3. The predicted molar refractivity (Wildman–Crippen MR) is 83.2 cm³/mol. The highest BCUT2D eigenvalue weighted by Gasteiger charge is 2.14. The molecule has 0 spiro atoms. The van der Waals surface area contributed by atoms with Crippen LogP contribution < -0.4 is 16.2 Å². The van der Waals surface area contributed by atoms with Crippen LogP contribution in [0.15, 0.2) is 24.3 Å². The average molecular weight is 271 g/mol. The van der Waals surface area contributed by atoms with E-state index in [0.717, 1.165) is 29.3 Å². The quantitative estimate of drug-likeness (QED) is 0.661. The number of hydrogen-bond acceptors (Lipinski definition) is 5. The van der Waals surface area contributed by atoms with Crippen LogP contribution in [0, 0.1) is 13.8 Å². The summed E-state index contributed by atoms with van der Waals surface area (Å²) in [7, 11) is 2.00. The standard InChI is InChI=1S/C15H21N5/c1-5-13-17-14(19-16)11(3)15(18-13)20(4)12-8-6-10(2)7-9-12/h6-9H,5,16H2,1-4H3,(H,17,18,19). The molecule has 0 radical (unpaired) electrons. The number of aryl methyl sites for hydroxylation is 2. The zero-order valence-corrected chi connectivity index (χ0v) is 12.4. The van der Waals surface area contributed by atoms with Crippen LogP contribution in [0.25, 0.3) is 0 Å². The third-order valence-corrected chi connectivity index (χ3v) is 3.36. The summed E-state index contributed by atoms with van der Waals surface area (Å²) < 4.78 is 0. The Labute approximate surface area is 119 Å². The van der Waals surface area contributed by atoms with Crippen molar-refractivity contribution in [2.45, 2.75) is 27.2 Å². The molecular weight excluding hydrogens is 250 g/mol. The van der Waals surface area contributed by atoms with Crippen molar-refractivity contribution in [3.05, 3.63) is 41.2 Å². The van der Waals surface area contributed by atoms with E-state index in [1.807, 2.05) is 20.9 Å². The first-order chi connectivity index (χ1) is 9.56. The number of hydrogen-bond donors (Lipinski definition) is 2. The fraction of sp³-hybridized carbons (Fsp3) is 0.333. The second kappa shape index (κ2) is 5.88. The van der Waals surface area contributed by atoms with E-state index in [-0.39, 0.29) is 0 Å². The molecule has 1 aromatic carbocycles. The van der Waals surface area contributed by atoms with Gasteiger partial charge in [-0.15, -0.1) is 0 Å². The molecule has 0 amide bonds. The predicted octanol–water partition coefficient (Wildman–Crippen LogP) is 2.71. The van der Waals surface area contributed by atoms with Gasteiger partial charge in [0.2, 0.25) is 0 Å². The lowest BCUT2D eigenvalue weighted by atomic mass is 10.2. The molecule has 0 saturated heterocycles. The molecule has 2 rings (SSSR count). The Morgan fingerprint density at radius 1 is 1.15 bits per heavy atom. The molecule has 0 fully saturated rings. The van der Waals surface area contributed by atoms with Crippen molar-refractivity contribution in [1.82, 2.24) is 9.97 Å². The fourth-order valence-corrected chi connectivity index (χ4v) is 2.07. The van der Waals surface area contributed by atoms with Gasteiger partial charge >= 0.3 is 0 Å². The van der Waals surface area contributed by atoms with Gasteiger partial charge in [0.25, 0.3) is 0 Å². The lowest BCUT2D eigenvalue weighted by Crippen LogP contribution is -2.18. The number of benzene rings is 1. The number of nitrogen functional groups attached to an aromatic ring is 1. The molecule has 0 saturated carbocycles. The number of nitrogens with zero attached hydrogens (tertiary/aromatic N) is 3. The zero-order valence-electron chi connectivity index (χ0n) is 12.4. The van der Waals surface area contributed by atoms with Crippen LogP contribution in [0.2, 0.25) is 0 Å². The lowest BCUT2D eigenvalue weighted by Gasteiger charge is -2.22. The van der Waals surface area contributed by atoms with Gasteiger partial charge in [-0.2, -0.15) is 0 Å². The molecule has 0 aliphatic rings. The molecular formula is C15H21N5. The number of nitrogens with two attached hydrogens (primary N) is 1. The molecule has 2 aromatic rings. The van der Waals surface area contributed by atoms with Crippen LogP contribution in [0.3, 0.4) is 0 Å². The molecule has 0 bridgehead atoms. The first-order valence-corrected chi connectivity index (χ1v) is 6.71. The van der Waals surface area contributed by atoms with Gasteiger partial charge in [-0.3, -0.25) is 0 Å². The fourth-order valence-electron chi connectivity index (χ4n) is 2.07. The highest BCUT2D eigenvalue weighted by Crippen LogP contribution is 2.28. The first kappa shape index (κ1) is 14.3. The number of aromatic nitrogens is 2. The molecule has 5 nitrogen and oxygen atoms in total. The van der Waals surface area contributed by atoms with Crippen molar-refractivity contribution in [1.29, 1.82) is 0 Å². The molecule has 1 aromatic heterocycles. The Balaban J connectivity index is 2.47. The Morgan fingerprint density at radius 2 is 1.80 bits per heavy atom. The molecule has 0 aliphatic carbocycles. The van der Waals surface area contributed by atoms with Crippen molar-refractivity contribution < 1.29 is 0 Å². The van der Waals surface area contributed by atoms with Crippen molar-refractivity contribution >= 4 is 17.3 Å². The summed E-state index contributed by atoms with van der Waals surface area (Å²) >= 11 is 0. The SMILES string of the molecule is CCc1nc(NN)c(C)c(N(C)c2ccc(C)cc2)n1. The number of rotatable bonds is 4. The van der Waals surface area contributed by atoms with Gasteiger partial charge in [0.1, 0.15) is 17.5 Å². The summed E-state index contributed by atoms with van der Waals surface area (Å²) in [6.45, 7) is 6.07. The van der Waals surface area contributed by atoms with Crippen LogP contribution in [0.4, 0.5) is 17.3 Å². The molecule has 3 N–H and O–H groups in total. The Bertz CT molecular complexity index is 592. The highest BCUT2D eigenvalue weighted by atomic mass is 15.3. The molecule has 106 valence electrons. The topological polar surface area (TPSA) is 67.1 Å². The number of hydrazine groups is 1. The van der Waals surface area contributed by atoms with Crippen molar-refractivity contribution in [2.24, 2.45) is 5.84 Å². The third kappa shape index (κ3) is 2.72. The van der Waals surface area contributed by atoms with E-state index >= 15 is 0 Å². The average Bonchev–Trinajstić information content (AvgIpc) is 2.47. The number of nitrogens with one attached hydrogen (secondary N) is 1. The van der Waals surface area contributed by atoms with E-state index < -0.39 is 0 Å². The second-order valence-electron chi connectivity index (χ2n) is 4.83. The van der Waals surface area contributed by atoms with Gasteiger partial charge in [-0.05, 0) is 26.0 Å². The third-order valence-electron chi connectivity index (χ3n) is 3.36. The van der Waals surface area contributed by atoms with Crippen molar-refractivity contribution in [3.8, 4) is 0 Å². The maximum absolute atomic E-state index is 5.54. The lowest BCUT2D eigenvalue weighted by molar-refractivity contribution is 0.913. The van der Waals surface area contributed by atoms with Crippen LogP contribution in [0.5, 0.6) is 0 Å². The highest BCUT2D eigenvalue weighted by molar-refractivity contribution is 5.66. The normalized spacial score (nSPS) is 10.4. The second-order valence-corrected chi connectivity index (χ2v) is 4.83. The molecule has 5 heteroatoms. The van der Waals surface area contributed by atoms with E-state index in [9.17, 15) is 0 Å². The minimum absolute atomic E-state index is 0.672. The maximum atomic E-state index is 5.54. The zero-order chi connectivity index (χ0) is 14.7. The first-order valence-electron chi connectivity index (χ1n) is 6.71. The van der Waals surface area contributed by atoms with Gasteiger partial charge in [0.05, 0.1) is 0 Å². The van der Waals surface area contributed by atoms with Crippen LogP contribution in [-0.4, -0.2) is 17.0 Å². The van der Waals surface area contributed by atoms with Crippen molar-refractivity contribution in [2.75, 3.05) is 17.4 Å². The summed E-state index contributed by atoms with van der Waals surface area (Å²) in [5.74, 6) is 7.86. The molecule has 20 heavy (non-hydrogen) atoms. The Hall–Kier alpha value is -2.14. The van der Waals surface area contributed by atoms with Gasteiger partial charge in [-0.1, -0.05) is 24.6 Å². The summed E-state index contributed by atoms with van der Waals surface area (Å²) in [6.07, 6.45) is 0.768. The van der Waals surface area contributed by atoms with Gasteiger partial charge in [0.15, 0.2) is 0 Å². The van der Waals surface area contributed by atoms with Crippen LogP contribution in [0.1, 0.15) is 23.9 Å². The summed E-state index contributed by atoms with van der Waals surface area (Å²) in [5.41, 5.74) is 5.91. The molecule has 0 atom stereocenters. The summed E-state index contributed by atoms with van der Waals surface area (Å²) in [5, 5.41) is 0. The van der Waals surface area contributed by atoms with Crippen LogP contribution in [-0.2, 0) is 6.42 Å². The maximum Gasteiger partial charge on any atom is 0.148 e. The van der Waals surface area contributed by atoms with Crippen molar-refractivity contribution in [3.63, 3.8) is 0 Å². The minimum Gasteiger partial charge on any atom is -0.329 e. The molecule has 1 heterocycles. The minimum atomic E-state index is 0.672. The Morgan fingerprint density at radius 3 is 2.35 bits per heavy atom. The van der Waals surface area contributed by atoms with Gasteiger partial charge < -0.3 is 10.3 Å². The van der Waals surface area contributed by atoms with E-state index in [0.29, 0.717) is 5.82 Å². The summed E-state index contributed by atoms with van der Waals surface area (Å²) in [4.78, 5) is 11.1. The Kier molecular flexibility index (Phi) is 4.20. The van der Waals surface area contributed by atoms with Crippen LogP contribution >= 0.6 is 0 Å². The van der Waals surface area contributed by atoms with E-state index in [1.54, 1.807) is 0 Å².